The van der Waals surface area contributed by atoms with Crippen molar-refractivity contribution < 1.29 is 23.7 Å². The van der Waals surface area contributed by atoms with Gasteiger partial charge in [-0.2, -0.15) is 0 Å². The van der Waals surface area contributed by atoms with Crippen LogP contribution in [-0.4, -0.2) is 47.1 Å². The zero-order valence-electron chi connectivity index (χ0n) is 17.1. The number of rotatable bonds is 5. The molecule has 2 aliphatic heterocycles. The number of likely N-dealkylation sites (N-methyl/N-ethyl adjacent to an activating group) is 1. The Morgan fingerprint density at radius 3 is 2.24 bits per heavy atom. The summed E-state index contributed by atoms with van der Waals surface area (Å²) < 4.78 is 27.9. The Bertz CT molecular complexity index is 991. The lowest BCUT2D eigenvalue weighted by molar-refractivity contribution is 0.323. The molecule has 0 radical (unpaired) electrons. The number of thiocarbonyl (C=S) groups is 1. The third-order valence-corrected chi connectivity index (χ3v) is 5.83. The number of hydrogen-bond donors (Lipinski definition) is 0. The monoisotopic (exact) mass is 413 g/mol. The molecule has 0 amide bonds. The Labute approximate surface area is 175 Å². The molecule has 29 heavy (non-hydrogen) atoms. The van der Waals surface area contributed by atoms with Crippen molar-refractivity contribution in [3.8, 4) is 23.0 Å². The first-order valence-corrected chi connectivity index (χ1v) is 9.56. The van der Waals surface area contributed by atoms with Crippen molar-refractivity contribution in [2.45, 2.75) is 5.92 Å². The summed E-state index contributed by atoms with van der Waals surface area (Å²) in [5, 5.41) is 0.520. The molecule has 0 saturated heterocycles. The molecule has 2 aromatic carbocycles. The van der Waals surface area contributed by atoms with Gasteiger partial charge in [0.15, 0.2) is 16.5 Å². The third-order valence-electron chi connectivity index (χ3n) is 5.49. The van der Waals surface area contributed by atoms with Gasteiger partial charge in [0.05, 0.1) is 34.1 Å². The predicted octanol–water partition coefficient (Wildman–Crippen LogP) is 3.91. The van der Waals surface area contributed by atoms with Gasteiger partial charge >= 0.3 is 0 Å². The average molecular weight is 413 g/mol. The number of nitrogens with zero attached hydrogens (tertiary/aromatic N) is 1. The lowest BCUT2D eigenvalue weighted by Crippen LogP contribution is -2.27. The molecule has 0 N–H and O–H groups in total. The molecule has 0 spiro atoms. The summed E-state index contributed by atoms with van der Waals surface area (Å²) in [6, 6.07) is 10.0. The maximum absolute atomic E-state index is 5.77. The van der Waals surface area contributed by atoms with E-state index in [2.05, 4.69) is 11.0 Å². The molecule has 0 fully saturated rings. The standard InChI is InChI=1S/C22H23NO5S/c1-23-15-10-13(24-2)6-7-14(15)19(20-16(23)11-28-22(20)29)12-8-17(25-3)21(27-5)18(9-12)26-4/h6-10,19H,11H2,1-5H3. The lowest BCUT2D eigenvalue weighted by atomic mass is 9.80. The van der Waals surface area contributed by atoms with Crippen LogP contribution in [0.4, 0.5) is 5.69 Å². The van der Waals surface area contributed by atoms with E-state index >= 15 is 0 Å². The largest absolute Gasteiger partial charge is 0.497 e. The van der Waals surface area contributed by atoms with Crippen molar-refractivity contribution in [1.29, 1.82) is 0 Å². The second-order valence-corrected chi connectivity index (χ2v) is 7.18. The molecule has 1 unspecified atom stereocenters. The molecule has 0 saturated carbocycles. The molecule has 7 heteroatoms. The minimum absolute atomic E-state index is 0.120. The fourth-order valence-electron chi connectivity index (χ4n) is 4.07. The SMILES string of the molecule is COc1ccc2c(c1)N(C)C1=C(C(=S)OC1)C2c1cc(OC)c(OC)c(OC)c1. The molecule has 2 aliphatic rings. The van der Waals surface area contributed by atoms with Gasteiger partial charge in [-0.05, 0) is 41.5 Å². The van der Waals surface area contributed by atoms with Crippen LogP contribution in [0.1, 0.15) is 17.0 Å². The van der Waals surface area contributed by atoms with Crippen LogP contribution >= 0.6 is 12.2 Å². The molecule has 2 heterocycles. The number of anilines is 1. The van der Waals surface area contributed by atoms with Gasteiger partial charge in [-0.1, -0.05) is 6.07 Å². The number of methoxy groups -OCH3 is 4. The average Bonchev–Trinajstić information content (AvgIpc) is 3.14. The van der Waals surface area contributed by atoms with E-state index in [-0.39, 0.29) is 5.92 Å². The maximum Gasteiger partial charge on any atom is 0.203 e. The quantitative estimate of drug-likeness (QED) is 0.689. The van der Waals surface area contributed by atoms with Gasteiger partial charge in [-0.25, -0.2) is 0 Å². The Balaban J connectivity index is 1.97. The van der Waals surface area contributed by atoms with Gasteiger partial charge in [-0.3, -0.25) is 0 Å². The number of benzene rings is 2. The number of fused-ring (bicyclic) bond motifs is 1. The fourth-order valence-corrected chi connectivity index (χ4v) is 4.36. The summed E-state index contributed by atoms with van der Waals surface area (Å²) in [5.74, 6) is 2.43. The minimum Gasteiger partial charge on any atom is -0.497 e. The Morgan fingerprint density at radius 2 is 1.66 bits per heavy atom. The van der Waals surface area contributed by atoms with Crippen LogP contribution in [0.5, 0.6) is 23.0 Å². The van der Waals surface area contributed by atoms with Crippen LogP contribution in [0.15, 0.2) is 41.6 Å². The van der Waals surface area contributed by atoms with Gasteiger partial charge in [0.1, 0.15) is 12.4 Å². The first kappa shape index (κ1) is 19.4. The predicted molar refractivity (Wildman–Crippen MR) is 115 cm³/mol. The molecule has 0 aliphatic carbocycles. The van der Waals surface area contributed by atoms with E-state index in [1.165, 1.54) is 0 Å². The van der Waals surface area contributed by atoms with Gasteiger partial charge in [0.2, 0.25) is 5.75 Å². The third kappa shape index (κ3) is 2.97. The van der Waals surface area contributed by atoms with Crippen molar-refractivity contribution >= 4 is 23.0 Å². The molecule has 152 valence electrons. The van der Waals surface area contributed by atoms with Crippen LogP contribution in [0.2, 0.25) is 0 Å². The zero-order valence-corrected chi connectivity index (χ0v) is 17.9. The van der Waals surface area contributed by atoms with E-state index in [0.717, 1.165) is 33.8 Å². The van der Waals surface area contributed by atoms with Gasteiger partial charge in [-0.15, -0.1) is 0 Å². The molecule has 6 nitrogen and oxygen atoms in total. The van der Waals surface area contributed by atoms with Crippen molar-refractivity contribution in [1.82, 2.24) is 0 Å². The Kier molecular flexibility index (Phi) is 5.00. The molecule has 0 bridgehead atoms. The smallest absolute Gasteiger partial charge is 0.203 e. The van der Waals surface area contributed by atoms with Crippen molar-refractivity contribution in [3.63, 3.8) is 0 Å². The van der Waals surface area contributed by atoms with E-state index in [1.807, 2.05) is 31.3 Å². The van der Waals surface area contributed by atoms with Crippen LogP contribution < -0.4 is 23.8 Å². The summed E-state index contributed by atoms with van der Waals surface area (Å²) in [5.41, 5.74) is 5.19. The highest BCUT2D eigenvalue weighted by Crippen LogP contribution is 2.50. The molecular weight excluding hydrogens is 390 g/mol. The lowest BCUT2D eigenvalue weighted by Gasteiger charge is -2.34. The topological polar surface area (TPSA) is 49.4 Å². The maximum atomic E-state index is 5.77. The summed E-state index contributed by atoms with van der Waals surface area (Å²) in [6.07, 6.45) is 0. The molecular formula is C22H23NO5S. The molecule has 1 atom stereocenters. The van der Waals surface area contributed by atoms with Crippen molar-refractivity contribution in [2.24, 2.45) is 0 Å². The normalized spacial score (nSPS) is 17.5. The van der Waals surface area contributed by atoms with Crippen LogP contribution in [0, 0.1) is 0 Å². The van der Waals surface area contributed by atoms with Crippen molar-refractivity contribution in [3.05, 3.63) is 52.7 Å². The van der Waals surface area contributed by atoms with Gasteiger partial charge in [0, 0.05) is 30.3 Å². The molecule has 2 aromatic rings. The summed E-state index contributed by atoms with van der Waals surface area (Å²) in [4.78, 5) is 2.13. The summed E-state index contributed by atoms with van der Waals surface area (Å²) in [7, 11) is 8.51. The highest BCUT2D eigenvalue weighted by atomic mass is 32.1. The number of hydrogen-bond acceptors (Lipinski definition) is 7. The van der Waals surface area contributed by atoms with E-state index in [0.29, 0.717) is 28.9 Å². The van der Waals surface area contributed by atoms with E-state index in [4.69, 9.17) is 35.9 Å². The van der Waals surface area contributed by atoms with Crippen LogP contribution in [-0.2, 0) is 4.74 Å². The zero-order chi connectivity index (χ0) is 20.7. The van der Waals surface area contributed by atoms with Crippen LogP contribution in [0.3, 0.4) is 0 Å². The fraction of sp³-hybridized carbons (Fsp3) is 0.318. The number of ether oxygens (including phenoxy) is 5. The van der Waals surface area contributed by atoms with E-state index in [1.54, 1.807) is 28.4 Å². The van der Waals surface area contributed by atoms with Crippen LogP contribution in [0.25, 0.3) is 0 Å². The van der Waals surface area contributed by atoms with E-state index in [9.17, 15) is 0 Å². The van der Waals surface area contributed by atoms with Gasteiger partial charge in [0.25, 0.3) is 0 Å². The minimum atomic E-state index is -0.120. The first-order valence-electron chi connectivity index (χ1n) is 9.15. The highest BCUT2D eigenvalue weighted by Gasteiger charge is 2.39. The second-order valence-electron chi connectivity index (χ2n) is 6.81. The van der Waals surface area contributed by atoms with Crippen molar-refractivity contribution in [2.75, 3.05) is 47.0 Å². The Hall–Kier alpha value is -2.93. The summed E-state index contributed by atoms with van der Waals surface area (Å²) >= 11 is 5.58. The first-order chi connectivity index (χ1) is 14.0. The molecule has 4 rings (SSSR count). The van der Waals surface area contributed by atoms with Gasteiger partial charge < -0.3 is 28.6 Å². The molecule has 0 aromatic heterocycles. The summed E-state index contributed by atoms with van der Waals surface area (Å²) in [6.45, 7) is 0.447. The highest BCUT2D eigenvalue weighted by molar-refractivity contribution is 7.80. The Morgan fingerprint density at radius 1 is 0.966 bits per heavy atom. The second kappa shape index (κ2) is 7.48. The van der Waals surface area contributed by atoms with E-state index < -0.39 is 0 Å².